The van der Waals surface area contributed by atoms with Gasteiger partial charge in [0.15, 0.2) is 5.96 Å². The Hall–Kier alpha value is -2.83. The van der Waals surface area contributed by atoms with Crippen LogP contribution in [0.4, 0.5) is 0 Å². The van der Waals surface area contributed by atoms with Gasteiger partial charge in [-0.3, -0.25) is 14.6 Å². The Bertz CT molecular complexity index is 703. The summed E-state index contributed by atoms with van der Waals surface area (Å²) in [5, 5.41) is 9.41. The molecule has 1 aliphatic heterocycles. The maximum Gasteiger partial charge on any atom is 0.254 e. The van der Waals surface area contributed by atoms with Crippen LogP contribution in [0.25, 0.3) is 0 Å². The average Bonchev–Trinajstić information content (AvgIpc) is 3.18. The average molecular weight is 355 g/mol. The van der Waals surface area contributed by atoms with Crippen LogP contribution >= 0.6 is 0 Å². The molecule has 1 aromatic carbocycles. The zero-order valence-electron chi connectivity index (χ0n) is 15.0. The van der Waals surface area contributed by atoms with Gasteiger partial charge in [-0.25, -0.2) is 0 Å². The number of piperazine rings is 1. The highest BCUT2D eigenvalue weighted by Crippen LogP contribution is 2.10. The zero-order valence-corrected chi connectivity index (χ0v) is 15.0. The largest absolute Gasteiger partial charge is 0.353 e. The number of nitrogens with zero attached hydrogens (tertiary/aromatic N) is 2. The molecular formula is C19H25N5O2. The summed E-state index contributed by atoms with van der Waals surface area (Å²) < 4.78 is 0. The van der Waals surface area contributed by atoms with Crippen LogP contribution in [0.3, 0.4) is 0 Å². The van der Waals surface area contributed by atoms with E-state index in [4.69, 9.17) is 0 Å². The van der Waals surface area contributed by atoms with Crippen molar-refractivity contribution in [2.75, 3.05) is 26.7 Å². The van der Waals surface area contributed by atoms with Crippen LogP contribution in [-0.4, -0.2) is 55.4 Å². The van der Waals surface area contributed by atoms with E-state index in [0.29, 0.717) is 31.2 Å². The van der Waals surface area contributed by atoms with Crippen molar-refractivity contribution in [3.8, 4) is 0 Å². The molecule has 2 amide bonds. The molecule has 0 atom stereocenters. The van der Waals surface area contributed by atoms with E-state index in [1.807, 2.05) is 24.3 Å². The first-order chi connectivity index (χ1) is 12.7. The van der Waals surface area contributed by atoms with Crippen molar-refractivity contribution in [2.45, 2.75) is 25.4 Å². The summed E-state index contributed by atoms with van der Waals surface area (Å²) in [5.41, 5.74) is 1.66. The second kappa shape index (κ2) is 8.51. The molecule has 26 heavy (non-hydrogen) atoms. The summed E-state index contributed by atoms with van der Waals surface area (Å²) in [7, 11) is 1.76. The van der Waals surface area contributed by atoms with Crippen molar-refractivity contribution in [1.29, 1.82) is 0 Å². The summed E-state index contributed by atoms with van der Waals surface area (Å²) in [6.07, 6.45) is 6.39. The molecule has 1 heterocycles. The van der Waals surface area contributed by atoms with Crippen LogP contribution in [-0.2, 0) is 11.3 Å². The van der Waals surface area contributed by atoms with E-state index in [2.05, 4.69) is 33.1 Å². The van der Waals surface area contributed by atoms with Crippen molar-refractivity contribution in [3.63, 3.8) is 0 Å². The lowest BCUT2D eigenvalue weighted by atomic mass is 10.1. The smallest absolute Gasteiger partial charge is 0.254 e. The van der Waals surface area contributed by atoms with Gasteiger partial charge in [0, 0.05) is 38.3 Å². The second-order valence-corrected chi connectivity index (χ2v) is 6.48. The van der Waals surface area contributed by atoms with Crippen molar-refractivity contribution in [2.24, 2.45) is 4.99 Å². The number of hydrogen-bond acceptors (Lipinski definition) is 3. The van der Waals surface area contributed by atoms with Gasteiger partial charge >= 0.3 is 0 Å². The van der Waals surface area contributed by atoms with Crippen molar-refractivity contribution < 1.29 is 9.59 Å². The topological polar surface area (TPSA) is 85.8 Å². The number of hydrogen-bond donors (Lipinski definition) is 3. The number of carbonyl (C=O) groups is 2. The van der Waals surface area contributed by atoms with E-state index in [-0.39, 0.29) is 18.4 Å². The summed E-state index contributed by atoms with van der Waals surface area (Å²) in [6, 6.07) is 7.87. The molecule has 1 saturated heterocycles. The molecule has 1 fully saturated rings. The summed E-state index contributed by atoms with van der Waals surface area (Å²) >= 11 is 0. The third-order valence-corrected chi connectivity index (χ3v) is 4.56. The van der Waals surface area contributed by atoms with Gasteiger partial charge in [-0.05, 0) is 30.5 Å². The van der Waals surface area contributed by atoms with Crippen LogP contribution in [0.5, 0.6) is 0 Å². The monoisotopic (exact) mass is 355 g/mol. The molecule has 1 aromatic rings. The van der Waals surface area contributed by atoms with Gasteiger partial charge in [0.05, 0.1) is 6.54 Å². The Morgan fingerprint density at radius 3 is 2.65 bits per heavy atom. The van der Waals surface area contributed by atoms with Crippen LogP contribution in [0, 0.1) is 0 Å². The van der Waals surface area contributed by atoms with Crippen molar-refractivity contribution in [1.82, 2.24) is 20.9 Å². The second-order valence-electron chi connectivity index (χ2n) is 6.48. The number of nitrogens with one attached hydrogen (secondary N) is 3. The minimum Gasteiger partial charge on any atom is -0.353 e. The first kappa shape index (κ1) is 18.0. The number of guanidine groups is 1. The maximum absolute atomic E-state index is 12.5. The minimum absolute atomic E-state index is 0.106. The van der Waals surface area contributed by atoms with E-state index in [0.717, 1.165) is 24.4 Å². The van der Waals surface area contributed by atoms with E-state index in [9.17, 15) is 9.59 Å². The highest BCUT2D eigenvalue weighted by molar-refractivity contribution is 5.97. The lowest BCUT2D eigenvalue weighted by Crippen LogP contribution is -2.49. The molecule has 138 valence electrons. The highest BCUT2D eigenvalue weighted by atomic mass is 16.2. The van der Waals surface area contributed by atoms with E-state index in [1.165, 1.54) is 0 Å². The third-order valence-electron chi connectivity index (χ3n) is 4.56. The molecule has 0 radical (unpaired) electrons. The molecule has 1 aliphatic carbocycles. The first-order valence-corrected chi connectivity index (χ1v) is 8.93. The SMILES string of the molecule is CN=C(NCc1ccc(C(=O)N2CCNC(=O)C2)cc1)NC1CC=CC1. The molecule has 3 rings (SSSR count). The Morgan fingerprint density at radius 2 is 2.00 bits per heavy atom. The molecule has 0 spiro atoms. The molecule has 7 heteroatoms. The lowest BCUT2D eigenvalue weighted by molar-refractivity contribution is -0.123. The number of rotatable bonds is 4. The van der Waals surface area contributed by atoms with Gasteiger partial charge in [-0.2, -0.15) is 0 Å². The molecule has 7 nitrogen and oxygen atoms in total. The summed E-state index contributed by atoms with van der Waals surface area (Å²) in [4.78, 5) is 29.7. The van der Waals surface area contributed by atoms with Crippen LogP contribution in [0.1, 0.15) is 28.8 Å². The fourth-order valence-electron chi connectivity index (χ4n) is 3.07. The minimum atomic E-state index is -0.109. The zero-order chi connectivity index (χ0) is 18.4. The van der Waals surface area contributed by atoms with Crippen molar-refractivity contribution >= 4 is 17.8 Å². The Morgan fingerprint density at radius 1 is 1.27 bits per heavy atom. The first-order valence-electron chi connectivity index (χ1n) is 8.93. The lowest BCUT2D eigenvalue weighted by Gasteiger charge is -2.26. The van der Waals surface area contributed by atoms with Gasteiger partial charge in [-0.1, -0.05) is 24.3 Å². The fraction of sp³-hybridized carbons (Fsp3) is 0.421. The van der Waals surface area contributed by atoms with E-state index in [1.54, 1.807) is 11.9 Å². The Labute approximate surface area is 153 Å². The van der Waals surface area contributed by atoms with Gasteiger partial charge in [0.2, 0.25) is 5.91 Å². The maximum atomic E-state index is 12.5. The molecule has 3 N–H and O–H groups in total. The molecule has 0 unspecified atom stereocenters. The molecule has 0 saturated carbocycles. The molecule has 0 aromatic heterocycles. The number of aliphatic imine (C=N–C) groups is 1. The van der Waals surface area contributed by atoms with Crippen LogP contribution in [0.2, 0.25) is 0 Å². The Kier molecular flexibility index (Phi) is 5.88. The molecule has 0 bridgehead atoms. The molecule has 2 aliphatic rings. The third kappa shape index (κ3) is 4.62. The summed E-state index contributed by atoms with van der Waals surface area (Å²) in [6.45, 7) is 1.81. The number of amides is 2. The van der Waals surface area contributed by atoms with Gasteiger partial charge in [-0.15, -0.1) is 0 Å². The van der Waals surface area contributed by atoms with Crippen LogP contribution < -0.4 is 16.0 Å². The van der Waals surface area contributed by atoms with Crippen LogP contribution in [0.15, 0.2) is 41.4 Å². The standard InChI is InChI=1S/C19H25N5O2/c1-20-19(23-16-4-2-3-5-16)22-12-14-6-8-15(9-7-14)18(26)24-11-10-21-17(25)13-24/h2-3,6-9,16H,4-5,10-13H2,1H3,(H,21,25)(H2,20,22,23). The van der Waals surface area contributed by atoms with Crippen molar-refractivity contribution in [3.05, 3.63) is 47.5 Å². The highest BCUT2D eigenvalue weighted by Gasteiger charge is 2.22. The quantitative estimate of drug-likeness (QED) is 0.420. The van der Waals surface area contributed by atoms with E-state index < -0.39 is 0 Å². The van der Waals surface area contributed by atoms with Gasteiger partial charge < -0.3 is 20.9 Å². The summed E-state index contributed by atoms with van der Waals surface area (Å²) in [5.74, 6) is 0.561. The van der Waals surface area contributed by atoms with Gasteiger partial charge in [0.1, 0.15) is 0 Å². The van der Waals surface area contributed by atoms with E-state index >= 15 is 0 Å². The fourth-order valence-corrected chi connectivity index (χ4v) is 3.07. The number of carbonyl (C=O) groups excluding carboxylic acids is 2. The predicted octanol–water partition coefficient (Wildman–Crippen LogP) is 0.642. The van der Waals surface area contributed by atoms with Gasteiger partial charge in [0.25, 0.3) is 5.91 Å². The number of benzene rings is 1. The molecular weight excluding hydrogens is 330 g/mol. The Balaban J connectivity index is 1.52. The predicted molar refractivity (Wildman–Crippen MR) is 101 cm³/mol. The normalized spacial score (nSPS) is 18.0.